The van der Waals surface area contributed by atoms with E-state index in [0.717, 1.165) is 13.1 Å². The van der Waals surface area contributed by atoms with E-state index in [1.54, 1.807) is 4.57 Å². The fourth-order valence-electron chi connectivity index (χ4n) is 1.48. The Kier molecular flexibility index (Phi) is 1.66. The van der Waals surface area contributed by atoms with E-state index in [4.69, 9.17) is 12.2 Å². The summed E-state index contributed by atoms with van der Waals surface area (Å²) in [6.07, 6.45) is 0. The highest BCUT2D eigenvalue weighted by Gasteiger charge is 2.26. The van der Waals surface area contributed by atoms with E-state index < -0.39 is 0 Å². The molecule has 0 aromatic carbocycles. The summed E-state index contributed by atoms with van der Waals surface area (Å²) >= 11 is 4.95. The predicted octanol–water partition coefficient (Wildman–Crippen LogP) is -0.280. The van der Waals surface area contributed by atoms with Crippen LogP contribution in [0.25, 0.3) is 0 Å². The Bertz CT molecular complexity index is 355. The maximum absolute atomic E-state index is 11.2. The summed E-state index contributed by atoms with van der Waals surface area (Å²) in [6.45, 7) is 1.80. The third kappa shape index (κ3) is 1.03. The van der Waals surface area contributed by atoms with Gasteiger partial charge < -0.3 is 4.90 Å². The van der Waals surface area contributed by atoms with Crippen molar-refractivity contribution in [2.24, 2.45) is 0 Å². The second kappa shape index (κ2) is 2.56. The summed E-state index contributed by atoms with van der Waals surface area (Å²) in [5.41, 5.74) is -0.141. The summed E-state index contributed by atoms with van der Waals surface area (Å²) in [6, 6.07) is 0.248. The third-order valence-electron chi connectivity index (χ3n) is 2.12. The number of hydrogen-bond acceptors (Lipinski definition) is 3. The lowest BCUT2D eigenvalue weighted by Crippen LogP contribution is -2.47. The molecule has 66 valence electrons. The van der Waals surface area contributed by atoms with Crippen LogP contribution in [0.3, 0.4) is 0 Å². The number of likely N-dealkylation sites (N-methyl/N-ethyl adjacent to an activating group) is 1. The summed E-state index contributed by atoms with van der Waals surface area (Å²) in [4.78, 5) is 13.3. The average Bonchev–Trinajstić information content (AvgIpc) is 2.26. The fraction of sp³-hybridized carbons (Fsp3) is 0.667. The first-order valence-corrected chi connectivity index (χ1v) is 4.17. The summed E-state index contributed by atoms with van der Waals surface area (Å²) in [5.74, 6) is 0. The normalized spacial score (nSPS) is 19.4. The molecule has 12 heavy (non-hydrogen) atoms. The van der Waals surface area contributed by atoms with Gasteiger partial charge in [0.15, 0.2) is 4.77 Å². The highest BCUT2D eigenvalue weighted by Crippen LogP contribution is 2.16. The minimum atomic E-state index is -0.141. The molecule has 1 aromatic heterocycles. The van der Waals surface area contributed by atoms with Crippen LogP contribution in [0.1, 0.15) is 6.04 Å². The molecular weight excluding hydrogens is 176 g/mol. The third-order valence-corrected chi connectivity index (χ3v) is 2.42. The van der Waals surface area contributed by atoms with Crippen LogP contribution < -0.4 is 5.69 Å². The summed E-state index contributed by atoms with van der Waals surface area (Å²) in [5, 5.41) is 5.08. The van der Waals surface area contributed by atoms with Crippen LogP contribution in [0.4, 0.5) is 0 Å². The number of rotatable bonds is 1. The quantitative estimate of drug-likeness (QED) is 0.593. The van der Waals surface area contributed by atoms with Crippen LogP contribution in [-0.2, 0) is 0 Å². The Morgan fingerprint density at radius 3 is 2.58 bits per heavy atom. The van der Waals surface area contributed by atoms with Crippen molar-refractivity contribution >= 4 is 12.2 Å². The molecule has 0 bridgehead atoms. The van der Waals surface area contributed by atoms with Crippen molar-refractivity contribution < 1.29 is 0 Å². The molecule has 0 spiro atoms. The van der Waals surface area contributed by atoms with E-state index in [1.165, 1.54) is 0 Å². The van der Waals surface area contributed by atoms with Crippen LogP contribution in [0.5, 0.6) is 0 Å². The Balaban J connectivity index is 2.34. The first-order valence-electron chi connectivity index (χ1n) is 3.76. The Morgan fingerprint density at radius 2 is 2.17 bits per heavy atom. The molecule has 0 atom stereocenters. The standard InChI is InChI=1S/C6H10N4OS/c1-9-2-4(3-9)10-5(11)7-8-6(10)12/h4H,2-3H2,1H3,(H,7,11)(H,8,12). The smallest absolute Gasteiger partial charge is 0.302 e. The lowest BCUT2D eigenvalue weighted by atomic mass is 10.1. The maximum Gasteiger partial charge on any atom is 0.342 e. The van der Waals surface area contributed by atoms with Gasteiger partial charge in [-0.25, -0.2) is 9.89 Å². The van der Waals surface area contributed by atoms with Gasteiger partial charge in [-0.15, -0.1) is 0 Å². The van der Waals surface area contributed by atoms with Crippen LogP contribution >= 0.6 is 12.2 Å². The van der Waals surface area contributed by atoms with Crippen molar-refractivity contribution in [3.63, 3.8) is 0 Å². The monoisotopic (exact) mass is 186 g/mol. The lowest BCUT2D eigenvalue weighted by Gasteiger charge is -2.35. The van der Waals surface area contributed by atoms with Crippen molar-refractivity contribution in [2.45, 2.75) is 6.04 Å². The molecule has 1 saturated heterocycles. The lowest BCUT2D eigenvalue weighted by molar-refractivity contribution is 0.137. The van der Waals surface area contributed by atoms with Crippen molar-refractivity contribution in [3.8, 4) is 0 Å². The van der Waals surface area contributed by atoms with Gasteiger partial charge in [0.25, 0.3) is 0 Å². The Labute approximate surface area is 74.0 Å². The van der Waals surface area contributed by atoms with Gasteiger partial charge in [-0.05, 0) is 19.3 Å². The van der Waals surface area contributed by atoms with Crippen molar-refractivity contribution in [3.05, 3.63) is 15.3 Å². The number of likely N-dealkylation sites (tertiary alicyclic amines) is 1. The highest BCUT2D eigenvalue weighted by atomic mass is 32.1. The summed E-state index contributed by atoms with van der Waals surface area (Å²) in [7, 11) is 2.01. The van der Waals surface area contributed by atoms with Crippen molar-refractivity contribution in [2.75, 3.05) is 20.1 Å². The molecule has 0 saturated carbocycles. The molecule has 1 fully saturated rings. The Hall–Kier alpha value is -0.880. The van der Waals surface area contributed by atoms with E-state index >= 15 is 0 Å². The maximum atomic E-state index is 11.2. The van der Waals surface area contributed by atoms with Gasteiger partial charge in [0.05, 0.1) is 6.04 Å². The molecule has 2 heterocycles. The number of H-pyrrole nitrogens is 2. The van der Waals surface area contributed by atoms with Crippen LogP contribution in [0, 0.1) is 4.77 Å². The van der Waals surface area contributed by atoms with Gasteiger partial charge in [-0.3, -0.25) is 9.67 Å². The van der Waals surface area contributed by atoms with Crippen LogP contribution in [-0.4, -0.2) is 39.8 Å². The van der Waals surface area contributed by atoms with E-state index in [9.17, 15) is 4.79 Å². The molecule has 2 N–H and O–H groups in total. The number of nitrogens with one attached hydrogen (secondary N) is 2. The topological polar surface area (TPSA) is 56.8 Å². The van der Waals surface area contributed by atoms with E-state index in [2.05, 4.69) is 15.1 Å². The van der Waals surface area contributed by atoms with Crippen LogP contribution in [0.2, 0.25) is 0 Å². The molecule has 1 aliphatic heterocycles. The minimum Gasteiger partial charge on any atom is -0.302 e. The highest BCUT2D eigenvalue weighted by molar-refractivity contribution is 7.71. The molecule has 0 aliphatic carbocycles. The largest absolute Gasteiger partial charge is 0.342 e. The van der Waals surface area contributed by atoms with Crippen LogP contribution in [0.15, 0.2) is 4.79 Å². The zero-order valence-electron chi connectivity index (χ0n) is 6.70. The van der Waals surface area contributed by atoms with Gasteiger partial charge in [-0.2, -0.15) is 0 Å². The van der Waals surface area contributed by atoms with Gasteiger partial charge >= 0.3 is 5.69 Å². The van der Waals surface area contributed by atoms with Crippen molar-refractivity contribution in [1.82, 2.24) is 19.7 Å². The molecule has 0 unspecified atom stereocenters. The second-order valence-corrected chi connectivity index (χ2v) is 3.49. The number of hydrogen-bond donors (Lipinski definition) is 2. The SMILES string of the molecule is CN1CC(n2c(=O)[nH][nH]c2=S)C1. The molecular formula is C6H10N4OS. The molecule has 1 aromatic rings. The van der Waals surface area contributed by atoms with Gasteiger partial charge in [0.1, 0.15) is 0 Å². The predicted molar refractivity (Wildman–Crippen MR) is 46.8 cm³/mol. The second-order valence-electron chi connectivity index (χ2n) is 3.11. The molecule has 1 aliphatic rings. The van der Waals surface area contributed by atoms with Crippen molar-refractivity contribution in [1.29, 1.82) is 0 Å². The molecule has 0 amide bonds. The zero-order chi connectivity index (χ0) is 8.72. The summed E-state index contributed by atoms with van der Waals surface area (Å²) < 4.78 is 2.08. The average molecular weight is 186 g/mol. The van der Waals surface area contributed by atoms with E-state index in [0.29, 0.717) is 4.77 Å². The first kappa shape index (κ1) is 7.75. The minimum absolute atomic E-state index is 0.141. The van der Waals surface area contributed by atoms with E-state index in [-0.39, 0.29) is 11.7 Å². The zero-order valence-corrected chi connectivity index (χ0v) is 7.52. The van der Waals surface area contributed by atoms with E-state index in [1.807, 2.05) is 7.05 Å². The molecule has 6 heteroatoms. The molecule has 0 radical (unpaired) electrons. The number of nitrogens with zero attached hydrogens (tertiary/aromatic N) is 2. The van der Waals surface area contributed by atoms with Gasteiger partial charge in [0, 0.05) is 13.1 Å². The van der Waals surface area contributed by atoms with Gasteiger partial charge in [0.2, 0.25) is 0 Å². The number of aromatic amines is 2. The molecule has 2 rings (SSSR count). The first-order chi connectivity index (χ1) is 5.68. The van der Waals surface area contributed by atoms with Gasteiger partial charge in [-0.1, -0.05) is 0 Å². The Morgan fingerprint density at radius 1 is 1.50 bits per heavy atom. The number of aromatic nitrogens is 3. The fourth-order valence-corrected chi connectivity index (χ4v) is 1.76. The molecule has 5 nitrogen and oxygen atoms in total.